The minimum Gasteiger partial charge on any atom is -0.461 e. The molecule has 2 heterocycles. The fourth-order valence-electron chi connectivity index (χ4n) is 3.64. The Morgan fingerprint density at radius 1 is 1.33 bits per heavy atom. The first-order chi connectivity index (χ1) is 10.1. The summed E-state index contributed by atoms with van der Waals surface area (Å²) in [5, 5.41) is 1.21. The molecule has 1 saturated heterocycles. The zero-order valence-corrected chi connectivity index (χ0v) is 13.2. The van der Waals surface area contributed by atoms with Crippen LogP contribution in [0.3, 0.4) is 0 Å². The predicted molar refractivity (Wildman–Crippen MR) is 86.4 cm³/mol. The second-order valence-corrected chi connectivity index (χ2v) is 6.17. The Balaban J connectivity index is 2.00. The molecule has 0 amide bonds. The molecule has 2 atom stereocenters. The number of hydrogen-bond acceptors (Lipinski definition) is 4. The van der Waals surface area contributed by atoms with Crippen molar-refractivity contribution in [2.24, 2.45) is 5.73 Å². The standard InChI is InChI=1S/C17H25N3O/c1-12-11-19(3)8-9-20(12)15(10-18)17-13(2)21-16-7-5-4-6-14(16)17/h4-7,12,15H,8-11,18H2,1-3H3. The molecule has 21 heavy (non-hydrogen) atoms. The number of para-hydroxylation sites is 1. The molecule has 2 unspecified atom stereocenters. The van der Waals surface area contributed by atoms with E-state index < -0.39 is 0 Å². The lowest BCUT2D eigenvalue weighted by Gasteiger charge is -2.42. The molecule has 1 aliphatic rings. The highest BCUT2D eigenvalue weighted by molar-refractivity contribution is 5.82. The number of benzene rings is 1. The van der Waals surface area contributed by atoms with E-state index in [2.05, 4.69) is 42.8 Å². The number of likely N-dealkylation sites (N-methyl/N-ethyl adjacent to an activating group) is 1. The first kappa shape index (κ1) is 14.6. The SMILES string of the molecule is Cc1oc2ccccc2c1C(CN)N1CCN(C)CC1C. The van der Waals surface area contributed by atoms with Crippen molar-refractivity contribution >= 4 is 11.0 Å². The fraction of sp³-hybridized carbons (Fsp3) is 0.529. The first-order valence-electron chi connectivity index (χ1n) is 7.74. The minimum atomic E-state index is 0.234. The third-order valence-electron chi connectivity index (χ3n) is 4.66. The van der Waals surface area contributed by atoms with Gasteiger partial charge >= 0.3 is 0 Å². The molecule has 2 aromatic rings. The predicted octanol–water partition coefficient (Wildman–Crippen LogP) is 2.38. The second kappa shape index (κ2) is 5.79. The van der Waals surface area contributed by atoms with E-state index in [1.54, 1.807) is 0 Å². The molecule has 1 aromatic carbocycles. The molecule has 1 fully saturated rings. The van der Waals surface area contributed by atoms with Crippen molar-refractivity contribution in [3.63, 3.8) is 0 Å². The first-order valence-corrected chi connectivity index (χ1v) is 7.74. The van der Waals surface area contributed by atoms with Crippen molar-refractivity contribution < 1.29 is 4.42 Å². The lowest BCUT2D eigenvalue weighted by molar-refractivity contribution is 0.0634. The number of aryl methyl sites for hydroxylation is 1. The molecule has 114 valence electrons. The summed E-state index contributed by atoms with van der Waals surface area (Å²) in [6.45, 7) is 8.20. The molecular weight excluding hydrogens is 262 g/mol. The molecule has 0 radical (unpaired) electrons. The molecule has 3 rings (SSSR count). The molecular formula is C17H25N3O. The van der Waals surface area contributed by atoms with Gasteiger partial charge in [0.2, 0.25) is 0 Å². The van der Waals surface area contributed by atoms with Crippen molar-refractivity contribution in [3.8, 4) is 0 Å². The highest BCUT2D eigenvalue weighted by atomic mass is 16.3. The average Bonchev–Trinajstić information content (AvgIpc) is 2.78. The van der Waals surface area contributed by atoms with Gasteiger partial charge in [-0.05, 0) is 27.0 Å². The Labute approximate surface area is 126 Å². The van der Waals surface area contributed by atoms with Crippen LogP contribution in [0.15, 0.2) is 28.7 Å². The molecule has 4 heteroatoms. The number of nitrogens with two attached hydrogens (primary N) is 1. The highest BCUT2D eigenvalue weighted by Crippen LogP contribution is 2.34. The van der Waals surface area contributed by atoms with Gasteiger partial charge in [0.05, 0.1) is 6.04 Å². The Morgan fingerprint density at radius 3 is 2.81 bits per heavy atom. The smallest absolute Gasteiger partial charge is 0.134 e. The summed E-state index contributed by atoms with van der Waals surface area (Å²) in [5.74, 6) is 0.998. The molecule has 0 saturated carbocycles. The monoisotopic (exact) mass is 287 g/mol. The molecule has 0 aliphatic carbocycles. The number of furan rings is 1. The van der Waals surface area contributed by atoms with Crippen LogP contribution in [0.1, 0.15) is 24.3 Å². The summed E-state index contributed by atoms with van der Waals surface area (Å²) in [6, 6.07) is 9.01. The average molecular weight is 287 g/mol. The quantitative estimate of drug-likeness (QED) is 0.941. The summed E-state index contributed by atoms with van der Waals surface area (Å²) in [7, 11) is 2.18. The lowest BCUT2D eigenvalue weighted by atomic mass is 9.99. The van der Waals surface area contributed by atoms with Gasteiger partial charge in [0.25, 0.3) is 0 Å². The van der Waals surface area contributed by atoms with E-state index in [0.29, 0.717) is 12.6 Å². The van der Waals surface area contributed by atoms with Gasteiger partial charge in [-0.1, -0.05) is 18.2 Å². The summed E-state index contributed by atoms with van der Waals surface area (Å²) < 4.78 is 5.94. The van der Waals surface area contributed by atoms with Crippen molar-refractivity contribution in [2.45, 2.75) is 25.9 Å². The van der Waals surface area contributed by atoms with Gasteiger partial charge in [-0.2, -0.15) is 0 Å². The topological polar surface area (TPSA) is 45.6 Å². The van der Waals surface area contributed by atoms with E-state index in [1.807, 2.05) is 12.1 Å². The summed E-state index contributed by atoms with van der Waals surface area (Å²) in [6.07, 6.45) is 0. The van der Waals surface area contributed by atoms with Crippen LogP contribution in [-0.4, -0.2) is 49.1 Å². The zero-order valence-electron chi connectivity index (χ0n) is 13.2. The van der Waals surface area contributed by atoms with Gasteiger partial charge in [-0.15, -0.1) is 0 Å². The van der Waals surface area contributed by atoms with Crippen LogP contribution in [0.25, 0.3) is 11.0 Å². The van der Waals surface area contributed by atoms with Gasteiger partial charge in [0, 0.05) is 43.2 Å². The molecule has 4 nitrogen and oxygen atoms in total. The van der Waals surface area contributed by atoms with E-state index >= 15 is 0 Å². The maximum Gasteiger partial charge on any atom is 0.134 e. The van der Waals surface area contributed by atoms with Gasteiger partial charge in [0.15, 0.2) is 0 Å². The Bertz CT molecular complexity index is 622. The third-order valence-corrected chi connectivity index (χ3v) is 4.66. The zero-order chi connectivity index (χ0) is 15.0. The number of nitrogens with zero attached hydrogens (tertiary/aromatic N) is 2. The normalized spacial score (nSPS) is 22.8. The van der Waals surface area contributed by atoms with Gasteiger partial charge < -0.3 is 15.1 Å². The van der Waals surface area contributed by atoms with Crippen LogP contribution >= 0.6 is 0 Å². The molecule has 0 bridgehead atoms. The Morgan fingerprint density at radius 2 is 2.10 bits per heavy atom. The van der Waals surface area contributed by atoms with Crippen LogP contribution in [0.4, 0.5) is 0 Å². The van der Waals surface area contributed by atoms with E-state index in [0.717, 1.165) is 31.0 Å². The van der Waals surface area contributed by atoms with E-state index in [4.69, 9.17) is 10.2 Å². The van der Waals surface area contributed by atoms with Crippen molar-refractivity contribution in [2.75, 3.05) is 33.2 Å². The van der Waals surface area contributed by atoms with Crippen LogP contribution in [-0.2, 0) is 0 Å². The van der Waals surface area contributed by atoms with Crippen molar-refractivity contribution in [1.29, 1.82) is 0 Å². The third kappa shape index (κ3) is 2.59. The number of rotatable bonds is 3. The fourth-order valence-corrected chi connectivity index (χ4v) is 3.64. The number of fused-ring (bicyclic) bond motifs is 1. The molecule has 1 aliphatic heterocycles. The largest absolute Gasteiger partial charge is 0.461 e. The maximum atomic E-state index is 6.15. The Hall–Kier alpha value is -1.36. The summed E-state index contributed by atoms with van der Waals surface area (Å²) in [5.41, 5.74) is 8.39. The van der Waals surface area contributed by atoms with Gasteiger partial charge in [-0.3, -0.25) is 4.90 Å². The van der Waals surface area contributed by atoms with Gasteiger partial charge in [-0.25, -0.2) is 0 Å². The highest BCUT2D eigenvalue weighted by Gasteiger charge is 2.31. The van der Waals surface area contributed by atoms with E-state index in [1.165, 1.54) is 10.9 Å². The molecule has 1 aromatic heterocycles. The molecule has 0 spiro atoms. The minimum absolute atomic E-state index is 0.234. The summed E-state index contributed by atoms with van der Waals surface area (Å²) in [4.78, 5) is 4.92. The summed E-state index contributed by atoms with van der Waals surface area (Å²) >= 11 is 0. The lowest BCUT2D eigenvalue weighted by Crippen LogP contribution is -2.52. The maximum absolute atomic E-state index is 6.15. The van der Waals surface area contributed by atoms with Crippen LogP contribution in [0.5, 0.6) is 0 Å². The van der Waals surface area contributed by atoms with Crippen LogP contribution < -0.4 is 5.73 Å². The second-order valence-electron chi connectivity index (χ2n) is 6.17. The number of piperazine rings is 1. The molecule has 2 N–H and O–H groups in total. The van der Waals surface area contributed by atoms with Crippen molar-refractivity contribution in [3.05, 3.63) is 35.6 Å². The van der Waals surface area contributed by atoms with E-state index in [-0.39, 0.29) is 6.04 Å². The number of hydrogen-bond donors (Lipinski definition) is 1. The van der Waals surface area contributed by atoms with E-state index in [9.17, 15) is 0 Å². The van der Waals surface area contributed by atoms with Crippen LogP contribution in [0.2, 0.25) is 0 Å². The van der Waals surface area contributed by atoms with Gasteiger partial charge in [0.1, 0.15) is 11.3 Å². The van der Waals surface area contributed by atoms with Crippen molar-refractivity contribution in [1.82, 2.24) is 9.80 Å². The van der Waals surface area contributed by atoms with Crippen LogP contribution in [0, 0.1) is 6.92 Å². The Kier molecular flexibility index (Phi) is 4.02.